The van der Waals surface area contributed by atoms with E-state index in [4.69, 9.17) is 9.47 Å². The highest BCUT2D eigenvalue weighted by Gasteiger charge is 2.33. The van der Waals surface area contributed by atoms with Gasteiger partial charge in [0.15, 0.2) is 6.10 Å². The minimum Gasteiger partial charge on any atom is -0.449 e. The Morgan fingerprint density at radius 1 is 1.16 bits per heavy atom. The topological polar surface area (TPSA) is 50.8 Å². The predicted molar refractivity (Wildman–Crippen MR) is 99.5 cm³/mol. The van der Waals surface area contributed by atoms with Crippen LogP contribution < -0.4 is 10.2 Å². The van der Waals surface area contributed by atoms with Gasteiger partial charge >= 0.3 is 5.97 Å². The molecule has 0 amide bonds. The summed E-state index contributed by atoms with van der Waals surface area (Å²) in [6.45, 7) is 4.02. The first kappa shape index (κ1) is 17.3. The highest BCUT2D eigenvalue weighted by Crippen LogP contribution is 2.40. The van der Waals surface area contributed by atoms with Gasteiger partial charge in [0.2, 0.25) is 0 Å². The molecule has 1 atom stereocenters. The van der Waals surface area contributed by atoms with Crippen molar-refractivity contribution in [1.29, 1.82) is 0 Å². The number of cyclic esters (lactones) is 1. The smallest absolute Gasteiger partial charge is 0.339 e. The molecular formula is C20H24N2O3. The molecule has 0 fully saturated rings. The standard InChI is InChI=1S/C20H24N2O3/c1-4-24-12-11-21-18-8-6-5-7-16(18)19-15-10-9-14(22(2)3)13-17(15)20(23)25-19/h5-10,13,19,21H,4,11-12H2,1-3H3. The molecule has 3 rings (SSSR count). The number of carbonyl (C=O) groups is 1. The predicted octanol–water partition coefficient (Wildman–Crippen LogP) is 3.46. The minimum absolute atomic E-state index is 0.271. The number of fused-ring (bicyclic) bond motifs is 1. The van der Waals surface area contributed by atoms with Gasteiger partial charge in [-0.2, -0.15) is 0 Å². The van der Waals surface area contributed by atoms with E-state index in [1.807, 2.05) is 68.4 Å². The Morgan fingerprint density at radius 2 is 1.96 bits per heavy atom. The van der Waals surface area contributed by atoms with Crippen molar-refractivity contribution in [3.63, 3.8) is 0 Å². The van der Waals surface area contributed by atoms with E-state index < -0.39 is 0 Å². The van der Waals surface area contributed by atoms with Crippen molar-refractivity contribution >= 4 is 17.3 Å². The van der Waals surface area contributed by atoms with Crippen molar-refractivity contribution in [1.82, 2.24) is 0 Å². The summed E-state index contributed by atoms with van der Waals surface area (Å²) in [6.07, 6.45) is -0.380. The van der Waals surface area contributed by atoms with E-state index in [9.17, 15) is 4.79 Å². The number of esters is 1. The molecule has 0 aromatic heterocycles. The highest BCUT2D eigenvalue weighted by atomic mass is 16.5. The molecule has 25 heavy (non-hydrogen) atoms. The van der Waals surface area contributed by atoms with Gasteiger partial charge in [0.25, 0.3) is 0 Å². The molecule has 5 nitrogen and oxygen atoms in total. The summed E-state index contributed by atoms with van der Waals surface area (Å²) in [5.41, 5.74) is 4.46. The lowest BCUT2D eigenvalue weighted by molar-refractivity contribution is 0.0457. The first-order valence-electron chi connectivity index (χ1n) is 8.54. The Labute approximate surface area is 148 Å². The van der Waals surface area contributed by atoms with Gasteiger partial charge in [0.1, 0.15) is 0 Å². The zero-order chi connectivity index (χ0) is 17.8. The van der Waals surface area contributed by atoms with Crippen LogP contribution in [0.5, 0.6) is 0 Å². The van der Waals surface area contributed by atoms with Crippen molar-refractivity contribution in [2.24, 2.45) is 0 Å². The van der Waals surface area contributed by atoms with Crippen molar-refractivity contribution in [3.8, 4) is 0 Å². The monoisotopic (exact) mass is 340 g/mol. The van der Waals surface area contributed by atoms with Crippen LogP contribution in [0.15, 0.2) is 42.5 Å². The van der Waals surface area contributed by atoms with E-state index in [0.717, 1.165) is 22.5 Å². The number of carbonyl (C=O) groups excluding carboxylic acids is 1. The number of benzene rings is 2. The van der Waals surface area contributed by atoms with E-state index >= 15 is 0 Å². The van der Waals surface area contributed by atoms with Gasteiger partial charge < -0.3 is 19.7 Å². The average molecular weight is 340 g/mol. The summed E-state index contributed by atoms with van der Waals surface area (Å²) in [7, 11) is 3.91. The van der Waals surface area contributed by atoms with Gasteiger partial charge in [-0.1, -0.05) is 24.3 Å². The quantitative estimate of drug-likeness (QED) is 0.618. The zero-order valence-electron chi connectivity index (χ0n) is 14.9. The fourth-order valence-corrected chi connectivity index (χ4v) is 2.98. The molecule has 2 aromatic carbocycles. The number of ether oxygens (including phenoxy) is 2. The Balaban J connectivity index is 1.88. The van der Waals surface area contributed by atoms with E-state index in [1.165, 1.54) is 0 Å². The van der Waals surface area contributed by atoms with Crippen LogP contribution in [0, 0.1) is 0 Å². The molecule has 0 saturated heterocycles. The molecule has 0 radical (unpaired) electrons. The molecule has 5 heteroatoms. The van der Waals surface area contributed by atoms with Crippen LogP contribution in [-0.2, 0) is 9.47 Å². The molecule has 1 aliphatic rings. The van der Waals surface area contributed by atoms with Gasteiger partial charge in [-0.15, -0.1) is 0 Å². The third-order valence-corrected chi connectivity index (χ3v) is 4.29. The Morgan fingerprint density at radius 3 is 2.72 bits per heavy atom. The zero-order valence-corrected chi connectivity index (χ0v) is 14.9. The van der Waals surface area contributed by atoms with Gasteiger partial charge in [-0.3, -0.25) is 0 Å². The number of para-hydroxylation sites is 1. The van der Waals surface area contributed by atoms with Crippen LogP contribution in [0.2, 0.25) is 0 Å². The van der Waals surface area contributed by atoms with Gasteiger partial charge in [-0.05, 0) is 25.1 Å². The molecule has 1 unspecified atom stereocenters. The normalized spacial score (nSPS) is 15.6. The summed E-state index contributed by atoms with van der Waals surface area (Å²) in [4.78, 5) is 14.3. The molecule has 0 saturated carbocycles. The van der Waals surface area contributed by atoms with Crippen LogP contribution >= 0.6 is 0 Å². The van der Waals surface area contributed by atoms with Crippen molar-refractivity contribution < 1.29 is 14.3 Å². The molecule has 1 heterocycles. The van der Waals surface area contributed by atoms with E-state index in [0.29, 0.717) is 25.3 Å². The summed E-state index contributed by atoms with van der Waals surface area (Å²) >= 11 is 0. The lowest BCUT2D eigenvalue weighted by Gasteiger charge is -2.18. The largest absolute Gasteiger partial charge is 0.449 e. The first-order valence-corrected chi connectivity index (χ1v) is 8.54. The number of nitrogens with zero attached hydrogens (tertiary/aromatic N) is 1. The Kier molecular flexibility index (Phi) is 5.24. The maximum atomic E-state index is 12.4. The molecule has 0 bridgehead atoms. The Bertz CT molecular complexity index is 758. The third kappa shape index (κ3) is 3.61. The van der Waals surface area contributed by atoms with Crippen LogP contribution in [0.3, 0.4) is 0 Å². The van der Waals surface area contributed by atoms with Crippen LogP contribution in [0.25, 0.3) is 0 Å². The molecule has 0 aliphatic carbocycles. The average Bonchev–Trinajstić information content (AvgIpc) is 2.95. The van der Waals surface area contributed by atoms with E-state index in [2.05, 4.69) is 5.32 Å². The van der Waals surface area contributed by atoms with Crippen LogP contribution in [-0.4, -0.2) is 39.8 Å². The van der Waals surface area contributed by atoms with E-state index in [-0.39, 0.29) is 12.1 Å². The maximum absolute atomic E-state index is 12.4. The second-order valence-corrected chi connectivity index (χ2v) is 6.16. The fraction of sp³-hybridized carbons (Fsp3) is 0.350. The first-order chi connectivity index (χ1) is 12.1. The molecular weight excluding hydrogens is 316 g/mol. The van der Waals surface area contributed by atoms with Crippen molar-refractivity contribution in [2.45, 2.75) is 13.0 Å². The second kappa shape index (κ2) is 7.57. The van der Waals surface area contributed by atoms with Crippen LogP contribution in [0.4, 0.5) is 11.4 Å². The van der Waals surface area contributed by atoms with Gasteiger partial charge in [0.05, 0.1) is 12.2 Å². The van der Waals surface area contributed by atoms with E-state index in [1.54, 1.807) is 0 Å². The minimum atomic E-state index is -0.380. The summed E-state index contributed by atoms with van der Waals surface area (Å²) in [5, 5.41) is 3.38. The summed E-state index contributed by atoms with van der Waals surface area (Å²) < 4.78 is 11.1. The highest BCUT2D eigenvalue weighted by molar-refractivity contribution is 5.96. The van der Waals surface area contributed by atoms with Gasteiger partial charge in [0, 0.05) is 49.7 Å². The number of rotatable bonds is 7. The molecule has 1 aliphatic heterocycles. The van der Waals surface area contributed by atoms with Crippen LogP contribution in [0.1, 0.15) is 34.5 Å². The molecule has 1 N–H and O–H groups in total. The van der Waals surface area contributed by atoms with Gasteiger partial charge in [-0.25, -0.2) is 4.79 Å². The maximum Gasteiger partial charge on any atom is 0.339 e. The SMILES string of the molecule is CCOCCNc1ccccc1C1OC(=O)c2cc(N(C)C)ccc21. The third-order valence-electron chi connectivity index (χ3n) is 4.29. The second-order valence-electron chi connectivity index (χ2n) is 6.16. The van der Waals surface area contributed by atoms with Crippen molar-refractivity contribution in [2.75, 3.05) is 44.1 Å². The molecule has 132 valence electrons. The number of anilines is 2. The summed E-state index contributed by atoms with van der Waals surface area (Å²) in [6, 6.07) is 13.8. The lowest BCUT2D eigenvalue weighted by Crippen LogP contribution is -2.12. The molecule has 0 spiro atoms. The number of hydrogen-bond donors (Lipinski definition) is 1. The molecule has 2 aromatic rings. The van der Waals surface area contributed by atoms with Crippen molar-refractivity contribution in [3.05, 3.63) is 59.2 Å². The lowest BCUT2D eigenvalue weighted by atomic mass is 9.97. The number of hydrogen-bond acceptors (Lipinski definition) is 5. The Hall–Kier alpha value is -2.53. The summed E-state index contributed by atoms with van der Waals surface area (Å²) in [5.74, 6) is -0.271. The fourth-order valence-electron chi connectivity index (χ4n) is 2.98. The number of nitrogens with one attached hydrogen (secondary N) is 1.